The molecule has 1 aliphatic rings. The van der Waals surface area contributed by atoms with Crippen molar-refractivity contribution in [3.63, 3.8) is 0 Å². The highest BCUT2D eigenvalue weighted by molar-refractivity contribution is 6.99. The molecule has 0 spiro atoms. The van der Waals surface area contributed by atoms with Gasteiger partial charge in [-0.3, -0.25) is 0 Å². The molecule has 0 aromatic heterocycles. The third-order valence-corrected chi connectivity index (χ3v) is 14.3. The second kappa shape index (κ2) is 15.3. The molecule has 1 heterocycles. The molecular formula is C34H54O9Si. The van der Waals surface area contributed by atoms with Gasteiger partial charge >= 0.3 is 0 Å². The van der Waals surface area contributed by atoms with Gasteiger partial charge in [-0.1, -0.05) is 88.4 Å². The Morgan fingerprint density at radius 1 is 1.00 bits per heavy atom. The lowest BCUT2D eigenvalue weighted by Gasteiger charge is -2.54. The minimum absolute atomic E-state index is 0.124. The molecule has 248 valence electrons. The van der Waals surface area contributed by atoms with Crippen LogP contribution in [-0.2, 0) is 23.4 Å². The molecule has 9 nitrogen and oxygen atoms in total. The van der Waals surface area contributed by atoms with E-state index in [1.807, 2.05) is 36.4 Å². The summed E-state index contributed by atoms with van der Waals surface area (Å²) in [5.74, 6) is -3.02. The summed E-state index contributed by atoms with van der Waals surface area (Å²) in [6.45, 7) is 10.3. The van der Waals surface area contributed by atoms with Crippen LogP contribution in [0.15, 0.2) is 60.7 Å². The molecule has 4 N–H and O–H groups in total. The number of aliphatic hydroxyl groups is 4. The van der Waals surface area contributed by atoms with E-state index in [2.05, 4.69) is 45.0 Å². The molecule has 0 aliphatic carbocycles. The van der Waals surface area contributed by atoms with Gasteiger partial charge in [0.2, 0.25) is 0 Å². The van der Waals surface area contributed by atoms with Crippen molar-refractivity contribution in [1.82, 2.24) is 0 Å². The summed E-state index contributed by atoms with van der Waals surface area (Å²) in [6.07, 6.45) is -4.35. The van der Waals surface area contributed by atoms with Crippen LogP contribution < -0.4 is 10.4 Å². The number of aliphatic hydroxyl groups excluding tert-OH is 2. The Bertz CT molecular complexity index is 1090. The maximum atomic E-state index is 11.9. The first-order valence-electron chi connectivity index (χ1n) is 15.5. The topological polar surface area (TPSA) is 127 Å². The lowest BCUT2D eigenvalue weighted by atomic mass is 9.76. The number of hydrogen-bond donors (Lipinski definition) is 4. The highest BCUT2D eigenvalue weighted by Gasteiger charge is 2.62. The molecule has 0 unspecified atom stereocenters. The Morgan fingerprint density at radius 3 is 2.00 bits per heavy atom. The van der Waals surface area contributed by atoms with Crippen molar-refractivity contribution in [2.45, 2.75) is 101 Å². The molecule has 44 heavy (non-hydrogen) atoms. The zero-order valence-electron chi connectivity index (χ0n) is 27.6. The molecule has 2 aromatic carbocycles. The van der Waals surface area contributed by atoms with E-state index < -0.39 is 56.1 Å². The van der Waals surface area contributed by atoms with Crippen molar-refractivity contribution < 1.29 is 43.8 Å². The van der Waals surface area contributed by atoms with E-state index >= 15 is 0 Å². The van der Waals surface area contributed by atoms with E-state index in [9.17, 15) is 20.4 Å². The lowest BCUT2D eigenvalue weighted by Crippen LogP contribution is -2.72. The van der Waals surface area contributed by atoms with E-state index in [1.54, 1.807) is 21.1 Å². The van der Waals surface area contributed by atoms with Gasteiger partial charge in [-0.2, -0.15) is 0 Å². The summed E-state index contributed by atoms with van der Waals surface area (Å²) in [5.41, 5.74) is -1.69. The van der Waals surface area contributed by atoms with Crippen molar-refractivity contribution in [3.05, 3.63) is 60.7 Å². The van der Waals surface area contributed by atoms with Gasteiger partial charge in [0, 0.05) is 40.3 Å². The predicted molar refractivity (Wildman–Crippen MR) is 173 cm³/mol. The van der Waals surface area contributed by atoms with Crippen molar-refractivity contribution >= 4 is 18.7 Å². The van der Waals surface area contributed by atoms with E-state index in [-0.39, 0.29) is 18.1 Å². The molecule has 10 heteroatoms. The molecule has 0 bridgehead atoms. The molecule has 1 aliphatic heterocycles. The molecule has 0 radical (unpaired) electrons. The third-order valence-electron chi connectivity index (χ3n) is 9.31. The first-order valence-corrected chi connectivity index (χ1v) is 17.4. The Labute approximate surface area is 264 Å². The average Bonchev–Trinajstić information content (AvgIpc) is 2.99. The van der Waals surface area contributed by atoms with E-state index in [0.29, 0.717) is 19.4 Å². The van der Waals surface area contributed by atoms with Crippen molar-refractivity contribution in [2.24, 2.45) is 5.92 Å². The van der Waals surface area contributed by atoms with Crippen LogP contribution in [0.5, 0.6) is 0 Å². The first kappa shape index (κ1) is 36.8. The normalized spacial score (nSPS) is 28.4. The van der Waals surface area contributed by atoms with Crippen LogP contribution in [0.2, 0.25) is 5.04 Å². The number of ether oxygens (including phenoxy) is 4. The number of hydrogen-bond acceptors (Lipinski definition) is 9. The van der Waals surface area contributed by atoms with Gasteiger partial charge in [-0.15, -0.1) is 0 Å². The van der Waals surface area contributed by atoms with Gasteiger partial charge in [-0.25, -0.2) is 0 Å². The molecule has 3 rings (SSSR count). The summed E-state index contributed by atoms with van der Waals surface area (Å²) in [5, 5.41) is 47.7. The Balaban J connectivity index is 1.86. The van der Waals surface area contributed by atoms with Crippen LogP contribution in [0.3, 0.4) is 0 Å². The third kappa shape index (κ3) is 7.47. The van der Waals surface area contributed by atoms with Gasteiger partial charge in [0.1, 0.15) is 17.8 Å². The maximum absolute atomic E-state index is 11.9. The van der Waals surface area contributed by atoms with E-state index in [0.717, 1.165) is 10.4 Å². The molecule has 1 fully saturated rings. The molecule has 0 saturated carbocycles. The Kier molecular flexibility index (Phi) is 12.7. The largest absolute Gasteiger partial charge is 0.405 e. The van der Waals surface area contributed by atoms with Gasteiger partial charge in [0.05, 0.1) is 24.9 Å². The number of methoxy groups -OCH3 is 3. The summed E-state index contributed by atoms with van der Waals surface area (Å²) in [6, 6.07) is 20.6. The minimum Gasteiger partial charge on any atom is -0.405 e. The van der Waals surface area contributed by atoms with Gasteiger partial charge in [0.15, 0.2) is 5.79 Å². The van der Waals surface area contributed by atoms with Crippen LogP contribution in [0.25, 0.3) is 0 Å². The second-order valence-electron chi connectivity index (χ2n) is 13.2. The van der Waals surface area contributed by atoms with Gasteiger partial charge in [-0.05, 0) is 35.2 Å². The summed E-state index contributed by atoms with van der Waals surface area (Å²) < 4.78 is 29.6. The van der Waals surface area contributed by atoms with Crippen molar-refractivity contribution in [1.29, 1.82) is 0 Å². The summed E-state index contributed by atoms with van der Waals surface area (Å²) >= 11 is 0. The Hall–Kier alpha value is -1.70. The van der Waals surface area contributed by atoms with Gasteiger partial charge < -0.3 is 43.8 Å². The van der Waals surface area contributed by atoms with Crippen LogP contribution in [-0.4, -0.2) is 105 Å². The molecular weight excluding hydrogens is 582 g/mol. The van der Waals surface area contributed by atoms with Crippen LogP contribution >= 0.6 is 0 Å². The molecule has 2 aromatic rings. The zero-order valence-corrected chi connectivity index (χ0v) is 28.6. The Morgan fingerprint density at radius 2 is 1.55 bits per heavy atom. The van der Waals surface area contributed by atoms with Crippen LogP contribution in [0.4, 0.5) is 0 Å². The predicted octanol–water partition coefficient (Wildman–Crippen LogP) is 2.61. The fraction of sp³-hybridized carbons (Fsp3) is 0.647. The lowest BCUT2D eigenvalue weighted by molar-refractivity contribution is -0.393. The van der Waals surface area contributed by atoms with Crippen molar-refractivity contribution in [3.8, 4) is 0 Å². The zero-order chi connectivity index (χ0) is 32.8. The smallest absolute Gasteiger partial charge is 0.261 e. The summed E-state index contributed by atoms with van der Waals surface area (Å²) in [4.78, 5) is 0. The SMILES string of the molecule is COCCC[C@H]1O[C@@]([18OH])([C@H](C)[C@@H](O)C[C@@H](CO[Si](c2ccccc2)(c2ccccc2)C(C)(C)C)OC)[C@H](OC)[C@@H](O)[C@]1(C)O. The van der Waals surface area contributed by atoms with Crippen LogP contribution in [0.1, 0.15) is 53.9 Å². The molecule has 8 atom stereocenters. The first-order chi connectivity index (χ1) is 20.7. The fourth-order valence-corrected chi connectivity index (χ4v) is 11.1. The van der Waals surface area contributed by atoms with Crippen LogP contribution in [0, 0.1) is 5.92 Å². The number of benzene rings is 2. The standard InChI is InChI=1S/C34H54O9Si/c1-24(34(38)31(41-8)30(36)33(5,37)29(43-34)20-15-21-39-6)28(35)22-25(40-7)23-42-44(32(2,3)4,26-16-11-9-12-17-26)27-18-13-10-14-19-27/h9-14,16-19,24-25,28-31,35-38H,15,20-23H2,1-8H3/t24-,25+,28+,29-,30-,31-,33-,34+/m1/s1/i38+2. The maximum Gasteiger partial charge on any atom is 0.261 e. The van der Waals surface area contributed by atoms with E-state index in [4.69, 9.17) is 23.4 Å². The average molecular weight is 637 g/mol. The number of rotatable bonds is 15. The minimum atomic E-state index is -2.85. The molecule has 1 saturated heterocycles. The quantitative estimate of drug-likeness (QED) is 0.133. The summed E-state index contributed by atoms with van der Waals surface area (Å²) in [7, 11) is 1.64. The van der Waals surface area contributed by atoms with Gasteiger partial charge in [0.25, 0.3) is 8.32 Å². The highest BCUT2D eigenvalue weighted by Crippen LogP contribution is 2.43. The second-order valence-corrected chi connectivity index (χ2v) is 17.5. The van der Waals surface area contributed by atoms with Crippen molar-refractivity contribution in [2.75, 3.05) is 34.5 Å². The fourth-order valence-electron chi connectivity index (χ4n) is 6.53. The monoisotopic (exact) mass is 636 g/mol. The highest BCUT2D eigenvalue weighted by atomic mass is 28.4. The molecule has 0 amide bonds. The van der Waals surface area contributed by atoms with E-state index in [1.165, 1.54) is 14.0 Å².